The molecule has 0 spiro atoms. The van der Waals surface area contributed by atoms with Crippen molar-refractivity contribution >= 4 is 34.8 Å². The van der Waals surface area contributed by atoms with Crippen LogP contribution in [-0.4, -0.2) is 22.2 Å². The maximum Gasteiger partial charge on any atom is 0.283 e. The van der Waals surface area contributed by atoms with Crippen molar-refractivity contribution in [3.05, 3.63) is 38.9 Å². The van der Waals surface area contributed by atoms with E-state index in [1.54, 1.807) is 0 Å². The van der Waals surface area contributed by atoms with Crippen molar-refractivity contribution in [3.8, 4) is 0 Å². The quantitative estimate of drug-likeness (QED) is 0.395. The van der Waals surface area contributed by atoms with Gasteiger partial charge in [-0.25, -0.2) is 0 Å². The molecule has 1 saturated carbocycles. The van der Waals surface area contributed by atoms with E-state index in [1.807, 2.05) is 0 Å². The van der Waals surface area contributed by atoms with E-state index in [0.717, 1.165) is 32.1 Å². The van der Waals surface area contributed by atoms with E-state index in [2.05, 4.69) is 5.32 Å². The van der Waals surface area contributed by atoms with Crippen LogP contribution in [0, 0.1) is 10.1 Å². The van der Waals surface area contributed by atoms with Gasteiger partial charge in [0.25, 0.3) is 11.6 Å². The predicted octanol–water partition coefficient (Wildman–Crippen LogP) is 3.92. The summed E-state index contributed by atoms with van der Waals surface area (Å²) in [5.74, 6) is -0.476. The largest absolute Gasteiger partial charge is 0.348 e. The van der Waals surface area contributed by atoms with Crippen LogP contribution in [0.15, 0.2) is 18.2 Å². The van der Waals surface area contributed by atoms with Gasteiger partial charge in [0.05, 0.1) is 10.3 Å². The van der Waals surface area contributed by atoms with E-state index < -0.39 is 10.8 Å². The van der Waals surface area contributed by atoms with Crippen molar-refractivity contribution < 1.29 is 9.72 Å². The first-order valence-electron chi connectivity index (χ1n) is 6.88. The molecule has 1 amide bonds. The molecule has 1 aliphatic carbocycles. The van der Waals surface area contributed by atoms with Crippen molar-refractivity contribution in [2.24, 2.45) is 0 Å². The second-order valence-corrected chi connectivity index (χ2v) is 6.15. The molecule has 21 heavy (non-hydrogen) atoms. The van der Waals surface area contributed by atoms with Gasteiger partial charge >= 0.3 is 0 Å². The molecule has 0 saturated heterocycles. The van der Waals surface area contributed by atoms with Crippen molar-refractivity contribution in [2.75, 3.05) is 0 Å². The lowest BCUT2D eigenvalue weighted by atomic mass is 10.1. The molecule has 7 heteroatoms. The van der Waals surface area contributed by atoms with E-state index in [4.69, 9.17) is 23.2 Å². The molecule has 5 nitrogen and oxygen atoms in total. The Hall–Kier alpha value is -1.33. The minimum absolute atomic E-state index is 0.0116. The van der Waals surface area contributed by atoms with E-state index in [9.17, 15) is 14.9 Å². The summed E-state index contributed by atoms with van der Waals surface area (Å²) in [6.07, 6.45) is 4.77. The Balaban J connectivity index is 2.18. The Bertz CT molecular complexity index is 551. The second kappa shape index (κ2) is 7.09. The number of amides is 1. The molecular formula is C14H16Cl2N2O3. The topological polar surface area (TPSA) is 72.2 Å². The van der Waals surface area contributed by atoms with Crippen molar-refractivity contribution in [3.63, 3.8) is 0 Å². The van der Waals surface area contributed by atoms with Crippen molar-refractivity contribution in [1.29, 1.82) is 0 Å². The molecule has 2 atom stereocenters. The molecule has 114 valence electrons. The minimum Gasteiger partial charge on any atom is -0.348 e. The summed E-state index contributed by atoms with van der Waals surface area (Å²) in [6, 6.07) is 3.86. The van der Waals surface area contributed by atoms with Gasteiger partial charge < -0.3 is 5.32 Å². The highest BCUT2D eigenvalue weighted by atomic mass is 35.5. The minimum atomic E-state index is -0.605. The Labute approximate surface area is 132 Å². The molecule has 0 heterocycles. The lowest BCUT2D eigenvalue weighted by molar-refractivity contribution is -0.385. The van der Waals surface area contributed by atoms with Crippen LogP contribution in [0.1, 0.15) is 42.5 Å². The van der Waals surface area contributed by atoms with Gasteiger partial charge in [0.15, 0.2) is 0 Å². The van der Waals surface area contributed by atoms with Crippen LogP contribution in [0.25, 0.3) is 0 Å². The third-order valence-corrected chi connectivity index (χ3v) is 4.41. The van der Waals surface area contributed by atoms with Gasteiger partial charge in [-0.05, 0) is 25.0 Å². The molecule has 0 aliphatic heterocycles. The predicted molar refractivity (Wildman–Crippen MR) is 82.1 cm³/mol. The summed E-state index contributed by atoms with van der Waals surface area (Å²) in [4.78, 5) is 22.7. The third kappa shape index (κ3) is 4.08. The van der Waals surface area contributed by atoms with Gasteiger partial charge in [0.2, 0.25) is 0 Å². The zero-order valence-corrected chi connectivity index (χ0v) is 12.9. The lowest BCUT2D eigenvalue weighted by Crippen LogP contribution is -2.40. The normalized spacial score (nSPS) is 22.4. The molecule has 2 unspecified atom stereocenters. The van der Waals surface area contributed by atoms with Crippen LogP contribution in [0.5, 0.6) is 0 Å². The first-order chi connectivity index (χ1) is 9.99. The fourth-order valence-corrected chi connectivity index (χ4v) is 3.03. The van der Waals surface area contributed by atoms with Gasteiger partial charge in [0.1, 0.15) is 5.56 Å². The number of halogens is 2. The first kappa shape index (κ1) is 16.0. The highest BCUT2D eigenvalue weighted by molar-refractivity contribution is 6.31. The van der Waals surface area contributed by atoms with Crippen LogP contribution in [0.3, 0.4) is 0 Å². The summed E-state index contributed by atoms with van der Waals surface area (Å²) in [5.41, 5.74) is -0.280. The molecule has 1 N–H and O–H groups in total. The average molecular weight is 331 g/mol. The highest BCUT2D eigenvalue weighted by Crippen LogP contribution is 2.25. The SMILES string of the molecule is O=C(NC1CCCCCC1Cl)c1ccc(Cl)cc1[N+](=O)[O-]. The maximum atomic E-state index is 12.3. The van der Waals surface area contributed by atoms with Gasteiger partial charge in [-0.15, -0.1) is 11.6 Å². The number of alkyl halides is 1. The monoisotopic (exact) mass is 330 g/mol. The van der Waals surface area contributed by atoms with E-state index in [0.29, 0.717) is 0 Å². The zero-order valence-electron chi connectivity index (χ0n) is 11.4. The summed E-state index contributed by atoms with van der Waals surface area (Å²) in [6.45, 7) is 0. The number of hydrogen-bond acceptors (Lipinski definition) is 3. The first-order valence-corrected chi connectivity index (χ1v) is 7.69. The van der Waals surface area contributed by atoms with E-state index in [1.165, 1.54) is 18.2 Å². The number of nitro benzene ring substituents is 1. The fourth-order valence-electron chi connectivity index (χ4n) is 2.52. The molecule has 1 aliphatic rings. The fraction of sp³-hybridized carbons (Fsp3) is 0.500. The average Bonchev–Trinajstić information content (AvgIpc) is 2.64. The highest BCUT2D eigenvalue weighted by Gasteiger charge is 2.27. The number of carbonyl (C=O) groups is 1. The van der Waals surface area contributed by atoms with Crippen LogP contribution < -0.4 is 5.32 Å². The van der Waals surface area contributed by atoms with E-state index in [-0.39, 0.29) is 27.7 Å². The number of carbonyl (C=O) groups excluding carboxylic acids is 1. The number of nitrogens with zero attached hydrogens (tertiary/aromatic N) is 1. The molecule has 1 aromatic carbocycles. The van der Waals surface area contributed by atoms with Gasteiger partial charge in [-0.3, -0.25) is 14.9 Å². The Morgan fingerprint density at radius 2 is 2.00 bits per heavy atom. The summed E-state index contributed by atoms with van der Waals surface area (Å²) in [7, 11) is 0. The Morgan fingerprint density at radius 3 is 2.71 bits per heavy atom. The number of nitro groups is 1. The van der Waals surface area contributed by atoms with Crippen LogP contribution in [0.4, 0.5) is 5.69 Å². The lowest BCUT2D eigenvalue weighted by Gasteiger charge is -2.21. The number of hydrogen-bond donors (Lipinski definition) is 1. The molecule has 1 fully saturated rings. The Morgan fingerprint density at radius 1 is 1.29 bits per heavy atom. The van der Waals surface area contributed by atoms with Crippen molar-refractivity contribution in [1.82, 2.24) is 5.32 Å². The Kier molecular flexibility index (Phi) is 5.42. The number of rotatable bonds is 3. The second-order valence-electron chi connectivity index (χ2n) is 5.15. The molecule has 0 bridgehead atoms. The molecule has 1 aromatic rings. The zero-order chi connectivity index (χ0) is 15.4. The molecule has 0 aromatic heterocycles. The van der Waals surface area contributed by atoms with Crippen LogP contribution in [0.2, 0.25) is 5.02 Å². The van der Waals surface area contributed by atoms with Gasteiger partial charge in [0, 0.05) is 17.1 Å². The number of benzene rings is 1. The van der Waals surface area contributed by atoms with E-state index >= 15 is 0 Å². The third-order valence-electron chi connectivity index (χ3n) is 3.65. The van der Waals surface area contributed by atoms with Crippen LogP contribution in [-0.2, 0) is 0 Å². The van der Waals surface area contributed by atoms with Gasteiger partial charge in [-0.1, -0.05) is 30.9 Å². The summed E-state index contributed by atoms with van der Waals surface area (Å²) < 4.78 is 0. The van der Waals surface area contributed by atoms with Gasteiger partial charge in [-0.2, -0.15) is 0 Å². The van der Waals surface area contributed by atoms with Crippen LogP contribution >= 0.6 is 23.2 Å². The smallest absolute Gasteiger partial charge is 0.283 e. The molecule has 2 rings (SSSR count). The molecule has 0 radical (unpaired) electrons. The summed E-state index contributed by atoms with van der Waals surface area (Å²) in [5, 5.41) is 13.9. The maximum absolute atomic E-state index is 12.3. The summed E-state index contributed by atoms with van der Waals surface area (Å²) >= 11 is 12.0. The standard InChI is InChI=1S/C14H16Cl2N2O3/c15-9-6-7-10(13(8-9)18(20)21)14(19)17-12-5-3-1-2-4-11(12)16/h6-8,11-12H,1-5H2,(H,17,19). The molecular weight excluding hydrogens is 315 g/mol. The van der Waals surface area contributed by atoms with Crippen molar-refractivity contribution in [2.45, 2.75) is 43.5 Å². The number of nitrogens with one attached hydrogen (secondary N) is 1.